The Hall–Kier alpha value is -1.51. The van der Waals surface area contributed by atoms with Gasteiger partial charge in [0.2, 0.25) is 0 Å². The number of carbonyl (C=O) groups is 1. The molecule has 0 spiro atoms. The van der Waals surface area contributed by atoms with E-state index in [1.807, 2.05) is 14.0 Å². The molecule has 1 aromatic rings. The van der Waals surface area contributed by atoms with Crippen molar-refractivity contribution >= 4 is 11.7 Å². The molecule has 0 N–H and O–H groups in total. The Morgan fingerprint density at radius 1 is 1.26 bits per heavy atom. The van der Waals surface area contributed by atoms with Crippen LogP contribution in [-0.4, -0.2) is 26.7 Å². The molecule has 0 bridgehead atoms. The van der Waals surface area contributed by atoms with E-state index >= 15 is 0 Å². The number of hydrogen-bond donors (Lipinski definition) is 0. The van der Waals surface area contributed by atoms with Crippen LogP contribution in [0, 0.1) is 5.92 Å². The number of hydrogen-bond acceptors (Lipinski definition) is 3. The topological polar surface area (TPSA) is 29.5 Å². The van der Waals surface area contributed by atoms with Crippen LogP contribution in [-0.2, 0) is 9.53 Å². The molecule has 0 heterocycles. The number of anilines is 1. The van der Waals surface area contributed by atoms with Gasteiger partial charge in [-0.15, -0.1) is 0 Å². The predicted molar refractivity (Wildman–Crippen MR) is 79.6 cm³/mol. The first kappa shape index (κ1) is 15.5. The predicted octanol–water partition coefficient (Wildman–Crippen LogP) is 3.45. The Morgan fingerprint density at radius 2 is 1.84 bits per heavy atom. The van der Waals surface area contributed by atoms with E-state index in [9.17, 15) is 4.79 Å². The maximum absolute atomic E-state index is 11.6. The van der Waals surface area contributed by atoms with Gasteiger partial charge in [0, 0.05) is 19.3 Å². The maximum Gasteiger partial charge on any atom is 0.310 e. The highest BCUT2D eigenvalue weighted by molar-refractivity contribution is 5.73. The number of methoxy groups -OCH3 is 1. The third-order valence-electron chi connectivity index (χ3n) is 3.52. The summed E-state index contributed by atoms with van der Waals surface area (Å²) >= 11 is 0. The van der Waals surface area contributed by atoms with Crippen LogP contribution in [0.15, 0.2) is 24.3 Å². The molecular weight excluding hydrogens is 238 g/mol. The van der Waals surface area contributed by atoms with Gasteiger partial charge in [0.25, 0.3) is 0 Å². The summed E-state index contributed by atoms with van der Waals surface area (Å²) in [5.74, 6) is 0.339. The molecule has 3 heteroatoms. The molecule has 0 aliphatic carbocycles. The second kappa shape index (κ2) is 7.17. The van der Waals surface area contributed by atoms with E-state index in [4.69, 9.17) is 4.74 Å². The Balaban J connectivity index is 2.71. The van der Waals surface area contributed by atoms with Crippen molar-refractivity contribution in [3.05, 3.63) is 29.8 Å². The van der Waals surface area contributed by atoms with E-state index in [0.29, 0.717) is 12.5 Å². The van der Waals surface area contributed by atoms with Gasteiger partial charge in [-0.05, 0) is 30.0 Å². The molecule has 1 unspecified atom stereocenters. The van der Waals surface area contributed by atoms with E-state index in [1.54, 1.807) is 0 Å². The summed E-state index contributed by atoms with van der Waals surface area (Å²) < 4.78 is 4.82. The first-order valence-corrected chi connectivity index (χ1v) is 6.88. The van der Waals surface area contributed by atoms with Crippen molar-refractivity contribution in [3.63, 3.8) is 0 Å². The first-order valence-electron chi connectivity index (χ1n) is 6.88. The highest BCUT2D eigenvalue weighted by atomic mass is 16.5. The van der Waals surface area contributed by atoms with Crippen molar-refractivity contribution < 1.29 is 9.53 Å². The molecule has 3 nitrogen and oxygen atoms in total. The van der Waals surface area contributed by atoms with Crippen molar-refractivity contribution in [2.24, 2.45) is 5.92 Å². The maximum atomic E-state index is 11.6. The third kappa shape index (κ3) is 4.27. The van der Waals surface area contributed by atoms with Crippen molar-refractivity contribution in [2.45, 2.75) is 33.1 Å². The normalized spacial score (nSPS) is 12.3. The van der Waals surface area contributed by atoms with Gasteiger partial charge in [-0.2, -0.15) is 0 Å². The zero-order valence-corrected chi connectivity index (χ0v) is 12.6. The molecule has 0 saturated heterocycles. The number of carbonyl (C=O) groups excluding carboxylic acids is 1. The van der Waals surface area contributed by atoms with Crippen LogP contribution in [0.4, 0.5) is 5.69 Å². The van der Waals surface area contributed by atoms with Gasteiger partial charge in [0.15, 0.2) is 0 Å². The number of benzene rings is 1. The number of ether oxygens (including phenoxy) is 1. The van der Waals surface area contributed by atoms with Crippen LogP contribution in [0.1, 0.15) is 38.7 Å². The van der Waals surface area contributed by atoms with E-state index in [1.165, 1.54) is 12.7 Å². The van der Waals surface area contributed by atoms with Gasteiger partial charge in [-0.3, -0.25) is 4.79 Å². The molecule has 0 aliphatic heterocycles. The Labute approximate surface area is 116 Å². The van der Waals surface area contributed by atoms with Crippen molar-refractivity contribution in [1.29, 1.82) is 0 Å². The molecular formula is C16H25NO2. The first-order chi connectivity index (χ1) is 8.99. The molecule has 0 radical (unpaired) electrons. The highest BCUT2D eigenvalue weighted by Gasteiger charge is 2.19. The molecule has 0 aromatic heterocycles. The summed E-state index contributed by atoms with van der Waals surface area (Å²) in [6.07, 6.45) is 0.793. The minimum Gasteiger partial charge on any atom is -0.469 e. The fourth-order valence-electron chi connectivity index (χ4n) is 2.09. The SMILES string of the molecule is CCC(CN(C)c1ccc(C(C)C)cc1)C(=O)OC. The minimum atomic E-state index is -0.131. The van der Waals surface area contributed by atoms with E-state index in [0.717, 1.165) is 12.1 Å². The van der Waals surface area contributed by atoms with Crippen LogP contribution in [0.25, 0.3) is 0 Å². The fourth-order valence-corrected chi connectivity index (χ4v) is 2.09. The fraction of sp³-hybridized carbons (Fsp3) is 0.562. The summed E-state index contributed by atoms with van der Waals surface area (Å²) in [4.78, 5) is 13.7. The highest BCUT2D eigenvalue weighted by Crippen LogP contribution is 2.20. The lowest BCUT2D eigenvalue weighted by Crippen LogP contribution is -2.30. The molecule has 0 saturated carbocycles. The van der Waals surface area contributed by atoms with Gasteiger partial charge in [0.05, 0.1) is 13.0 Å². The molecule has 106 valence electrons. The monoisotopic (exact) mass is 263 g/mol. The molecule has 0 aliphatic rings. The van der Waals surface area contributed by atoms with Crippen molar-refractivity contribution in [3.8, 4) is 0 Å². The summed E-state index contributed by atoms with van der Waals surface area (Å²) in [5, 5.41) is 0. The Bertz CT molecular complexity index is 398. The lowest BCUT2D eigenvalue weighted by atomic mass is 10.0. The van der Waals surface area contributed by atoms with Crippen LogP contribution in [0.5, 0.6) is 0 Å². The van der Waals surface area contributed by atoms with Crippen molar-refractivity contribution in [2.75, 3.05) is 25.6 Å². The minimum absolute atomic E-state index is 0.0697. The molecule has 1 aromatic carbocycles. The van der Waals surface area contributed by atoms with Crippen LogP contribution in [0.2, 0.25) is 0 Å². The zero-order valence-electron chi connectivity index (χ0n) is 12.6. The number of nitrogens with zero attached hydrogens (tertiary/aromatic N) is 1. The summed E-state index contributed by atoms with van der Waals surface area (Å²) in [7, 11) is 3.46. The molecule has 0 fully saturated rings. The third-order valence-corrected chi connectivity index (χ3v) is 3.52. The standard InChI is InChI=1S/C16H25NO2/c1-6-13(16(18)19-5)11-17(4)15-9-7-14(8-10-15)12(2)3/h7-10,12-13H,6,11H2,1-5H3. The average Bonchev–Trinajstić information content (AvgIpc) is 2.43. The largest absolute Gasteiger partial charge is 0.469 e. The molecule has 1 atom stereocenters. The molecule has 19 heavy (non-hydrogen) atoms. The summed E-state index contributed by atoms with van der Waals surface area (Å²) in [5.41, 5.74) is 2.46. The average molecular weight is 263 g/mol. The van der Waals surface area contributed by atoms with Gasteiger partial charge < -0.3 is 9.64 Å². The lowest BCUT2D eigenvalue weighted by molar-refractivity contribution is -0.145. The number of esters is 1. The Morgan fingerprint density at radius 3 is 2.26 bits per heavy atom. The molecule has 1 rings (SSSR count). The second-order valence-corrected chi connectivity index (χ2v) is 5.26. The van der Waals surface area contributed by atoms with Crippen LogP contribution < -0.4 is 4.90 Å². The quantitative estimate of drug-likeness (QED) is 0.736. The smallest absolute Gasteiger partial charge is 0.310 e. The molecule has 0 amide bonds. The van der Waals surface area contributed by atoms with Crippen LogP contribution >= 0.6 is 0 Å². The van der Waals surface area contributed by atoms with E-state index in [-0.39, 0.29) is 11.9 Å². The van der Waals surface area contributed by atoms with Crippen LogP contribution in [0.3, 0.4) is 0 Å². The van der Waals surface area contributed by atoms with Gasteiger partial charge in [-0.25, -0.2) is 0 Å². The Kier molecular flexibility index (Phi) is 5.87. The van der Waals surface area contributed by atoms with E-state index < -0.39 is 0 Å². The van der Waals surface area contributed by atoms with Crippen molar-refractivity contribution in [1.82, 2.24) is 0 Å². The van der Waals surface area contributed by atoms with E-state index in [2.05, 4.69) is 43.0 Å². The van der Waals surface area contributed by atoms with Gasteiger partial charge in [-0.1, -0.05) is 32.9 Å². The van der Waals surface area contributed by atoms with Gasteiger partial charge in [0.1, 0.15) is 0 Å². The lowest BCUT2D eigenvalue weighted by Gasteiger charge is -2.24. The number of rotatable bonds is 6. The zero-order chi connectivity index (χ0) is 14.4. The summed E-state index contributed by atoms with van der Waals surface area (Å²) in [6.45, 7) is 7.06. The second-order valence-electron chi connectivity index (χ2n) is 5.26. The van der Waals surface area contributed by atoms with Gasteiger partial charge >= 0.3 is 5.97 Å². The summed E-state index contributed by atoms with van der Waals surface area (Å²) in [6, 6.07) is 8.52.